The molecule has 1 atom stereocenters. The number of Topliss-reactive ketones (excluding diaryl/α,β-unsaturated/α-hetero) is 1. The van der Waals surface area contributed by atoms with Crippen LogP contribution >= 0.6 is 0 Å². The van der Waals surface area contributed by atoms with Crippen LogP contribution < -0.4 is 5.73 Å². The van der Waals surface area contributed by atoms with E-state index >= 15 is 0 Å². The van der Waals surface area contributed by atoms with Gasteiger partial charge < -0.3 is 5.73 Å². The molecule has 0 heterocycles. The van der Waals surface area contributed by atoms with Crippen LogP contribution in [0.1, 0.15) is 10.4 Å². The molecule has 14 heavy (non-hydrogen) atoms. The minimum absolute atomic E-state index is 0.311. The quantitative estimate of drug-likeness (QED) is 0.727. The van der Waals surface area contributed by atoms with Crippen LogP contribution in [-0.4, -0.2) is 25.8 Å². The summed E-state index contributed by atoms with van der Waals surface area (Å²) in [6.07, 6.45) is 0.943. The summed E-state index contributed by atoms with van der Waals surface area (Å²) in [6, 6.07) is 8.12. The summed E-state index contributed by atoms with van der Waals surface area (Å²) in [5, 5.41) is -1.47. The largest absolute Gasteiger partial charge is 0.309 e. The van der Waals surface area contributed by atoms with Crippen molar-refractivity contribution in [3.05, 3.63) is 35.9 Å². The van der Waals surface area contributed by atoms with Gasteiger partial charge in [-0.15, -0.1) is 0 Å². The van der Waals surface area contributed by atoms with Gasteiger partial charge in [-0.1, -0.05) is 30.3 Å². The number of ketones is 1. The van der Waals surface area contributed by atoms with Crippen molar-refractivity contribution in [1.29, 1.82) is 0 Å². The molecule has 0 amide bonds. The highest BCUT2D eigenvalue weighted by Crippen LogP contribution is 2.05. The maximum Gasteiger partial charge on any atom is 0.194 e. The van der Waals surface area contributed by atoms with E-state index in [2.05, 4.69) is 0 Å². The molecule has 1 aromatic rings. The lowest BCUT2D eigenvalue weighted by Gasteiger charge is -2.07. The number of hydrogen-bond acceptors (Lipinski definition) is 4. The van der Waals surface area contributed by atoms with Gasteiger partial charge in [0.05, 0.1) is 0 Å². The zero-order valence-corrected chi connectivity index (χ0v) is 8.49. The van der Waals surface area contributed by atoms with Crippen molar-refractivity contribution in [3.63, 3.8) is 0 Å². The lowest BCUT2D eigenvalue weighted by molar-refractivity contribution is 0.0988. The summed E-state index contributed by atoms with van der Waals surface area (Å²) < 4.78 is 22.0. The van der Waals surface area contributed by atoms with Gasteiger partial charge in [-0.2, -0.15) is 0 Å². The Morgan fingerprint density at radius 3 is 2.21 bits per heavy atom. The molecule has 0 aromatic heterocycles. The molecule has 0 aliphatic carbocycles. The number of hydrogen-bond donors (Lipinski definition) is 1. The average molecular weight is 213 g/mol. The van der Waals surface area contributed by atoms with E-state index in [4.69, 9.17) is 5.73 Å². The smallest absolute Gasteiger partial charge is 0.194 e. The van der Waals surface area contributed by atoms with Gasteiger partial charge in [0.15, 0.2) is 21.0 Å². The highest BCUT2D eigenvalue weighted by molar-refractivity contribution is 7.92. The fraction of sp³-hybridized carbons (Fsp3) is 0.222. The molecule has 0 saturated heterocycles. The molecule has 0 spiro atoms. The van der Waals surface area contributed by atoms with Crippen LogP contribution in [0, 0.1) is 0 Å². The molecular weight excluding hydrogens is 202 g/mol. The molecular formula is C9H11NO3S. The molecule has 0 fully saturated rings. The van der Waals surface area contributed by atoms with Crippen molar-refractivity contribution in [1.82, 2.24) is 0 Å². The Labute approximate surface area is 82.7 Å². The molecule has 5 heteroatoms. The SMILES string of the molecule is CS(=O)(=O)C(N)C(=O)c1ccccc1. The van der Waals surface area contributed by atoms with E-state index in [1.165, 1.54) is 12.1 Å². The maximum atomic E-state index is 11.5. The van der Waals surface area contributed by atoms with Crippen LogP contribution in [0.3, 0.4) is 0 Å². The normalized spacial score (nSPS) is 13.6. The fourth-order valence-corrected chi connectivity index (χ4v) is 1.49. The van der Waals surface area contributed by atoms with Crippen LogP contribution in [0.4, 0.5) is 0 Å². The number of benzene rings is 1. The van der Waals surface area contributed by atoms with Gasteiger partial charge in [0.25, 0.3) is 0 Å². The van der Waals surface area contributed by atoms with E-state index in [1.807, 2.05) is 0 Å². The number of rotatable bonds is 3. The zero-order valence-electron chi connectivity index (χ0n) is 7.67. The Morgan fingerprint density at radius 2 is 1.79 bits per heavy atom. The van der Waals surface area contributed by atoms with Gasteiger partial charge in [-0.3, -0.25) is 4.79 Å². The van der Waals surface area contributed by atoms with E-state index in [0.717, 1.165) is 6.26 Å². The third-order valence-corrected chi connectivity index (χ3v) is 2.91. The Kier molecular flexibility index (Phi) is 3.03. The third kappa shape index (κ3) is 2.40. The van der Waals surface area contributed by atoms with E-state index in [0.29, 0.717) is 5.56 Å². The van der Waals surface area contributed by atoms with Crippen LogP contribution in [0.15, 0.2) is 30.3 Å². The molecule has 0 aliphatic rings. The summed E-state index contributed by atoms with van der Waals surface area (Å²) in [4.78, 5) is 11.5. The summed E-state index contributed by atoms with van der Waals surface area (Å²) >= 11 is 0. The van der Waals surface area contributed by atoms with E-state index in [9.17, 15) is 13.2 Å². The van der Waals surface area contributed by atoms with Crippen LogP contribution in [0.25, 0.3) is 0 Å². The van der Waals surface area contributed by atoms with Gasteiger partial charge >= 0.3 is 0 Å². The van der Waals surface area contributed by atoms with Gasteiger partial charge in [0.2, 0.25) is 0 Å². The second-order valence-corrected chi connectivity index (χ2v) is 5.15. The Hall–Kier alpha value is -1.20. The van der Waals surface area contributed by atoms with Crippen molar-refractivity contribution in [3.8, 4) is 0 Å². The van der Waals surface area contributed by atoms with Crippen molar-refractivity contribution in [2.75, 3.05) is 6.26 Å². The minimum atomic E-state index is -3.52. The summed E-state index contributed by atoms with van der Waals surface area (Å²) in [5.74, 6) is -0.576. The maximum absolute atomic E-state index is 11.5. The first-order valence-electron chi connectivity index (χ1n) is 3.96. The topological polar surface area (TPSA) is 77.2 Å². The second kappa shape index (κ2) is 3.89. The lowest BCUT2D eigenvalue weighted by atomic mass is 10.1. The molecule has 0 aliphatic heterocycles. The first-order chi connectivity index (χ1) is 6.43. The van der Waals surface area contributed by atoms with Crippen molar-refractivity contribution in [2.45, 2.75) is 5.37 Å². The molecule has 2 N–H and O–H groups in total. The first-order valence-corrected chi connectivity index (χ1v) is 5.92. The number of nitrogens with two attached hydrogens (primary N) is 1. The van der Waals surface area contributed by atoms with E-state index < -0.39 is 21.0 Å². The number of carbonyl (C=O) groups is 1. The summed E-state index contributed by atoms with van der Waals surface area (Å²) in [5.41, 5.74) is 5.60. The molecule has 0 saturated carbocycles. The molecule has 0 radical (unpaired) electrons. The fourth-order valence-electron chi connectivity index (χ4n) is 0.961. The average Bonchev–Trinajstić information content (AvgIpc) is 2.15. The molecule has 1 aromatic carbocycles. The number of sulfone groups is 1. The monoisotopic (exact) mass is 213 g/mol. The Bertz CT molecular complexity index is 425. The summed E-state index contributed by atoms with van der Waals surface area (Å²) in [6.45, 7) is 0. The standard InChI is InChI=1S/C9H11NO3S/c1-14(12,13)9(10)8(11)7-5-3-2-4-6-7/h2-6,9H,10H2,1H3. The van der Waals surface area contributed by atoms with Gasteiger partial charge in [-0.25, -0.2) is 8.42 Å². The number of carbonyl (C=O) groups excluding carboxylic acids is 1. The molecule has 4 nitrogen and oxygen atoms in total. The van der Waals surface area contributed by atoms with Crippen molar-refractivity contribution in [2.24, 2.45) is 5.73 Å². The predicted molar refractivity (Wildman–Crippen MR) is 53.6 cm³/mol. The van der Waals surface area contributed by atoms with Crippen LogP contribution in [-0.2, 0) is 9.84 Å². The molecule has 76 valence electrons. The summed E-state index contributed by atoms with van der Waals surface area (Å²) in [7, 11) is -3.52. The van der Waals surface area contributed by atoms with Crippen molar-refractivity contribution >= 4 is 15.6 Å². The van der Waals surface area contributed by atoms with Gasteiger partial charge in [0, 0.05) is 11.8 Å². The first kappa shape index (κ1) is 10.9. The molecule has 0 bridgehead atoms. The van der Waals surface area contributed by atoms with Crippen molar-refractivity contribution < 1.29 is 13.2 Å². The minimum Gasteiger partial charge on any atom is -0.309 e. The molecule has 1 rings (SSSR count). The molecule has 1 unspecified atom stereocenters. The zero-order chi connectivity index (χ0) is 10.8. The Morgan fingerprint density at radius 1 is 1.29 bits per heavy atom. The van der Waals surface area contributed by atoms with E-state index in [-0.39, 0.29) is 0 Å². The Balaban J connectivity index is 2.99. The predicted octanol–water partition coefficient (Wildman–Crippen LogP) is 0.199. The van der Waals surface area contributed by atoms with E-state index in [1.54, 1.807) is 18.2 Å². The second-order valence-electron chi connectivity index (χ2n) is 2.98. The van der Waals surface area contributed by atoms with Gasteiger partial charge in [0.1, 0.15) is 0 Å². The highest BCUT2D eigenvalue weighted by atomic mass is 32.2. The third-order valence-electron chi connectivity index (χ3n) is 1.78. The van der Waals surface area contributed by atoms with Gasteiger partial charge in [-0.05, 0) is 0 Å². The van der Waals surface area contributed by atoms with Crippen LogP contribution in [0.2, 0.25) is 0 Å². The van der Waals surface area contributed by atoms with Crippen LogP contribution in [0.5, 0.6) is 0 Å². The lowest BCUT2D eigenvalue weighted by Crippen LogP contribution is -2.37. The highest BCUT2D eigenvalue weighted by Gasteiger charge is 2.24.